The number of pyridine rings is 1. The molecule has 1 aliphatic rings. The molecule has 0 unspecified atom stereocenters. The number of carbonyl (C=O) groups excluding carboxylic acids is 1. The molecule has 0 saturated carbocycles. The number of hydrogen-bond donors (Lipinski definition) is 2. The van der Waals surface area contributed by atoms with Crippen LogP contribution < -0.4 is 15.2 Å². The topological polar surface area (TPSA) is 97.9 Å². The summed E-state index contributed by atoms with van der Waals surface area (Å²) in [5.41, 5.74) is 7.03. The highest BCUT2D eigenvalue weighted by Crippen LogP contribution is 2.37. The average molecular weight is 406 g/mol. The molecule has 2 heterocycles. The van der Waals surface area contributed by atoms with E-state index in [0.717, 1.165) is 24.2 Å². The van der Waals surface area contributed by atoms with Crippen LogP contribution in [-0.4, -0.2) is 53.8 Å². The fraction of sp³-hybridized carbons (Fsp3) is 0.400. The second-order valence-corrected chi connectivity index (χ2v) is 7.32. The van der Waals surface area contributed by atoms with Gasteiger partial charge in [0.1, 0.15) is 0 Å². The second-order valence-electron chi connectivity index (χ2n) is 6.91. The Morgan fingerprint density at radius 1 is 1.39 bits per heavy atom. The molecule has 1 fully saturated rings. The summed E-state index contributed by atoms with van der Waals surface area (Å²) >= 11 is 6.31. The number of carbonyl (C=O) groups is 1. The van der Waals surface area contributed by atoms with Gasteiger partial charge in [0.15, 0.2) is 18.1 Å². The van der Waals surface area contributed by atoms with Crippen molar-refractivity contribution in [2.24, 2.45) is 11.7 Å². The molecule has 8 heteroatoms. The predicted octanol–water partition coefficient (Wildman–Crippen LogP) is 1.64. The third kappa shape index (κ3) is 5.13. The largest absolute Gasteiger partial charge is 0.493 e. The first kappa shape index (κ1) is 20.4. The molecular weight excluding hydrogens is 382 g/mol. The smallest absolute Gasteiger partial charge is 0.255 e. The molecule has 2 atom stereocenters. The van der Waals surface area contributed by atoms with Crippen LogP contribution in [0.5, 0.6) is 11.5 Å². The van der Waals surface area contributed by atoms with Gasteiger partial charge < -0.3 is 20.3 Å². The van der Waals surface area contributed by atoms with Crippen molar-refractivity contribution in [1.82, 2.24) is 9.88 Å². The molecule has 1 aromatic heterocycles. The molecule has 1 amide bonds. The number of benzene rings is 1. The van der Waals surface area contributed by atoms with Crippen molar-refractivity contribution in [3.05, 3.63) is 52.8 Å². The maximum atomic E-state index is 11.0. The Labute approximate surface area is 169 Å². The summed E-state index contributed by atoms with van der Waals surface area (Å²) in [6, 6.07) is 9.41. The summed E-state index contributed by atoms with van der Waals surface area (Å²) in [5.74, 6) is 0.271. The van der Waals surface area contributed by atoms with E-state index < -0.39 is 12.0 Å². The van der Waals surface area contributed by atoms with Gasteiger partial charge in [0.05, 0.1) is 18.2 Å². The zero-order chi connectivity index (χ0) is 20.1. The van der Waals surface area contributed by atoms with E-state index in [1.165, 1.54) is 7.11 Å². The molecule has 150 valence electrons. The fourth-order valence-electron chi connectivity index (χ4n) is 3.46. The highest BCUT2D eigenvalue weighted by molar-refractivity contribution is 6.32. The summed E-state index contributed by atoms with van der Waals surface area (Å²) in [6.45, 7) is 1.68. The molecule has 3 rings (SSSR count). The molecule has 3 N–H and O–H groups in total. The standard InChI is InChI=1S/C20H24ClN3O4/c1-27-18-7-13(6-16(21)20(18)28-12-19(22)26)9-24-10-14(17(25)11-24)8-15-4-2-3-5-23-15/h2-7,14,17,25H,8-12H2,1H3,(H2,22,26)/t14-,17-/m1/s1. The van der Waals surface area contributed by atoms with Gasteiger partial charge in [-0.15, -0.1) is 0 Å². The first-order chi connectivity index (χ1) is 13.5. The van der Waals surface area contributed by atoms with E-state index in [-0.39, 0.29) is 12.5 Å². The fourth-order valence-corrected chi connectivity index (χ4v) is 3.75. The lowest BCUT2D eigenvalue weighted by atomic mass is 10.00. The van der Waals surface area contributed by atoms with Crippen LogP contribution >= 0.6 is 11.6 Å². The van der Waals surface area contributed by atoms with Crippen LogP contribution in [0, 0.1) is 5.92 Å². The van der Waals surface area contributed by atoms with Crippen LogP contribution in [0.1, 0.15) is 11.3 Å². The SMILES string of the molecule is COc1cc(CN2C[C@@H](Cc3ccccn3)[C@H](O)C2)cc(Cl)c1OCC(N)=O. The van der Waals surface area contributed by atoms with Gasteiger partial charge in [-0.25, -0.2) is 0 Å². The first-order valence-corrected chi connectivity index (χ1v) is 9.42. The van der Waals surface area contributed by atoms with Gasteiger partial charge in [-0.3, -0.25) is 14.7 Å². The number of aliphatic hydroxyl groups excluding tert-OH is 1. The number of β-amino-alcohol motifs (C(OH)–C–C–N with tert-alkyl or cyclic N) is 1. The lowest BCUT2D eigenvalue weighted by Crippen LogP contribution is -2.22. The number of aliphatic hydroxyl groups is 1. The molecule has 7 nitrogen and oxygen atoms in total. The molecule has 0 radical (unpaired) electrons. The van der Waals surface area contributed by atoms with Crippen molar-refractivity contribution in [2.75, 3.05) is 26.8 Å². The number of nitrogens with zero attached hydrogens (tertiary/aromatic N) is 2. The zero-order valence-corrected chi connectivity index (χ0v) is 16.4. The number of aromatic nitrogens is 1. The average Bonchev–Trinajstić information content (AvgIpc) is 3.00. The minimum absolute atomic E-state index is 0.130. The lowest BCUT2D eigenvalue weighted by molar-refractivity contribution is -0.119. The van der Waals surface area contributed by atoms with Crippen molar-refractivity contribution in [3.63, 3.8) is 0 Å². The summed E-state index contributed by atoms with van der Waals surface area (Å²) in [7, 11) is 1.51. The molecule has 0 spiro atoms. The number of halogens is 1. The number of ether oxygens (including phenoxy) is 2. The molecule has 28 heavy (non-hydrogen) atoms. The Bertz CT molecular complexity index is 819. The van der Waals surface area contributed by atoms with Crippen molar-refractivity contribution >= 4 is 17.5 Å². The number of hydrogen-bond acceptors (Lipinski definition) is 6. The zero-order valence-electron chi connectivity index (χ0n) is 15.7. The molecule has 2 aromatic rings. The van der Waals surface area contributed by atoms with E-state index in [4.69, 9.17) is 26.8 Å². The monoisotopic (exact) mass is 405 g/mol. The van der Waals surface area contributed by atoms with Gasteiger partial charge >= 0.3 is 0 Å². The van der Waals surface area contributed by atoms with E-state index in [9.17, 15) is 9.90 Å². The van der Waals surface area contributed by atoms with E-state index in [0.29, 0.717) is 29.6 Å². The van der Waals surface area contributed by atoms with Gasteiger partial charge in [-0.2, -0.15) is 0 Å². The van der Waals surface area contributed by atoms with Gasteiger partial charge in [0.25, 0.3) is 5.91 Å². The van der Waals surface area contributed by atoms with Crippen LogP contribution in [0.2, 0.25) is 5.02 Å². The third-order valence-corrected chi connectivity index (χ3v) is 5.01. The molecular formula is C20H24ClN3O4. The molecule has 0 bridgehead atoms. The van der Waals surface area contributed by atoms with Crippen LogP contribution in [0.15, 0.2) is 36.5 Å². The van der Waals surface area contributed by atoms with Gasteiger partial charge in [0.2, 0.25) is 0 Å². The first-order valence-electron chi connectivity index (χ1n) is 9.04. The van der Waals surface area contributed by atoms with Crippen molar-refractivity contribution < 1.29 is 19.4 Å². The maximum absolute atomic E-state index is 11.0. The number of rotatable bonds is 8. The van der Waals surface area contributed by atoms with Crippen LogP contribution in [0.4, 0.5) is 0 Å². The number of nitrogens with two attached hydrogens (primary N) is 1. The predicted molar refractivity (Wildman–Crippen MR) is 105 cm³/mol. The number of primary amides is 1. The Morgan fingerprint density at radius 3 is 2.89 bits per heavy atom. The summed E-state index contributed by atoms with van der Waals surface area (Å²) in [5, 5.41) is 10.8. The summed E-state index contributed by atoms with van der Waals surface area (Å²) in [6.07, 6.45) is 2.10. The number of amides is 1. The molecule has 1 saturated heterocycles. The summed E-state index contributed by atoms with van der Waals surface area (Å²) < 4.78 is 10.7. The highest BCUT2D eigenvalue weighted by atomic mass is 35.5. The molecule has 1 aromatic carbocycles. The maximum Gasteiger partial charge on any atom is 0.255 e. The number of methoxy groups -OCH3 is 1. The Hall–Kier alpha value is -2.35. The molecule has 0 aliphatic carbocycles. The highest BCUT2D eigenvalue weighted by Gasteiger charge is 2.31. The van der Waals surface area contributed by atoms with E-state index in [1.54, 1.807) is 12.3 Å². The van der Waals surface area contributed by atoms with Gasteiger partial charge in [-0.1, -0.05) is 17.7 Å². The van der Waals surface area contributed by atoms with Crippen molar-refractivity contribution in [2.45, 2.75) is 19.1 Å². The Balaban J connectivity index is 1.66. The van der Waals surface area contributed by atoms with Crippen molar-refractivity contribution in [1.29, 1.82) is 0 Å². The quantitative estimate of drug-likeness (QED) is 0.693. The minimum Gasteiger partial charge on any atom is -0.493 e. The van der Waals surface area contributed by atoms with Gasteiger partial charge in [-0.05, 0) is 36.2 Å². The Kier molecular flexibility index (Phi) is 6.72. The van der Waals surface area contributed by atoms with Crippen LogP contribution in [0.25, 0.3) is 0 Å². The van der Waals surface area contributed by atoms with Crippen LogP contribution in [0.3, 0.4) is 0 Å². The Morgan fingerprint density at radius 2 is 2.21 bits per heavy atom. The van der Waals surface area contributed by atoms with Crippen molar-refractivity contribution in [3.8, 4) is 11.5 Å². The van der Waals surface area contributed by atoms with E-state index >= 15 is 0 Å². The second kappa shape index (κ2) is 9.23. The lowest BCUT2D eigenvalue weighted by Gasteiger charge is -2.18. The number of likely N-dealkylation sites (tertiary alicyclic amines) is 1. The van der Waals surface area contributed by atoms with E-state index in [1.807, 2.05) is 24.3 Å². The summed E-state index contributed by atoms with van der Waals surface area (Å²) in [4.78, 5) is 17.5. The normalized spacial score (nSPS) is 19.5. The van der Waals surface area contributed by atoms with Crippen LogP contribution in [-0.2, 0) is 17.8 Å². The minimum atomic E-state index is -0.591. The van der Waals surface area contributed by atoms with E-state index in [2.05, 4.69) is 9.88 Å². The molecule has 1 aliphatic heterocycles. The third-order valence-electron chi connectivity index (χ3n) is 4.73. The van der Waals surface area contributed by atoms with Gasteiger partial charge in [0, 0.05) is 37.4 Å².